The molecule has 0 unspecified atom stereocenters. The van der Waals surface area contributed by atoms with Crippen LogP contribution < -0.4 is 10.2 Å². The quantitative estimate of drug-likeness (QED) is 0.908. The molecule has 0 saturated carbocycles. The maximum atomic E-state index is 12.2. The average Bonchev–Trinajstić information content (AvgIpc) is 2.59. The summed E-state index contributed by atoms with van der Waals surface area (Å²) in [6, 6.07) is 15.2. The Bertz CT molecular complexity index is 743. The predicted molar refractivity (Wildman–Crippen MR) is 95.3 cm³/mol. The van der Waals surface area contributed by atoms with E-state index >= 15 is 0 Å². The van der Waals surface area contributed by atoms with Gasteiger partial charge in [-0.25, -0.2) is 0 Å². The number of carbonyl (C=O) groups is 2. The van der Waals surface area contributed by atoms with E-state index in [0.29, 0.717) is 31.0 Å². The molecule has 0 radical (unpaired) electrons. The van der Waals surface area contributed by atoms with E-state index in [1.807, 2.05) is 36.4 Å². The first-order valence-corrected chi connectivity index (χ1v) is 8.41. The molecule has 0 atom stereocenters. The highest BCUT2D eigenvalue weighted by Crippen LogP contribution is 2.26. The summed E-state index contributed by atoms with van der Waals surface area (Å²) in [4.78, 5) is 25.9. The number of fused-ring (bicyclic) bond motifs is 1. The topological polar surface area (TPSA) is 49.4 Å². The van der Waals surface area contributed by atoms with Crippen LogP contribution in [-0.4, -0.2) is 24.9 Å². The largest absolute Gasteiger partial charge is 0.354 e. The third-order valence-electron chi connectivity index (χ3n) is 4.13. The van der Waals surface area contributed by atoms with Crippen molar-refractivity contribution in [1.82, 2.24) is 5.32 Å². The Kier molecular flexibility index (Phi) is 5.16. The second kappa shape index (κ2) is 7.49. The Hall–Kier alpha value is -2.33. The average molecular weight is 343 g/mol. The van der Waals surface area contributed by atoms with Crippen molar-refractivity contribution in [2.45, 2.75) is 19.3 Å². The molecular weight excluding hydrogens is 324 g/mol. The number of carbonyl (C=O) groups excluding carboxylic acids is 2. The molecule has 124 valence electrons. The first kappa shape index (κ1) is 16.5. The molecular formula is C19H19ClN2O2. The van der Waals surface area contributed by atoms with Crippen molar-refractivity contribution in [2.24, 2.45) is 0 Å². The lowest BCUT2D eigenvalue weighted by Gasteiger charge is -2.29. The van der Waals surface area contributed by atoms with Gasteiger partial charge < -0.3 is 10.2 Å². The fourth-order valence-corrected chi connectivity index (χ4v) is 3.02. The molecule has 0 aromatic heterocycles. The van der Waals surface area contributed by atoms with Gasteiger partial charge in [0.15, 0.2) is 0 Å². The number of benzene rings is 2. The molecule has 2 amide bonds. The van der Waals surface area contributed by atoms with E-state index in [1.54, 1.807) is 17.0 Å². The monoisotopic (exact) mass is 342 g/mol. The number of para-hydroxylation sites is 1. The highest BCUT2D eigenvalue weighted by atomic mass is 35.5. The number of amides is 2. The minimum atomic E-state index is -0.0601. The SMILES string of the molecule is O=C(Cc1ccc(Cl)cc1)NCCN1C(=O)CCc2ccccc21. The molecule has 0 spiro atoms. The van der Waals surface area contributed by atoms with E-state index in [1.165, 1.54) is 5.56 Å². The number of anilines is 1. The van der Waals surface area contributed by atoms with E-state index in [0.717, 1.165) is 17.7 Å². The number of hydrogen-bond acceptors (Lipinski definition) is 2. The van der Waals surface area contributed by atoms with Gasteiger partial charge in [0.25, 0.3) is 0 Å². The molecule has 2 aromatic rings. The molecule has 3 rings (SSSR count). The summed E-state index contributed by atoms with van der Waals surface area (Å²) in [6.07, 6.45) is 1.62. The zero-order valence-electron chi connectivity index (χ0n) is 13.3. The Morgan fingerprint density at radius 1 is 1.08 bits per heavy atom. The van der Waals surface area contributed by atoms with Crippen LogP contribution >= 0.6 is 11.6 Å². The van der Waals surface area contributed by atoms with Crippen LogP contribution in [0.25, 0.3) is 0 Å². The minimum Gasteiger partial charge on any atom is -0.354 e. The third kappa shape index (κ3) is 3.95. The number of nitrogens with zero attached hydrogens (tertiary/aromatic N) is 1. The highest BCUT2D eigenvalue weighted by Gasteiger charge is 2.23. The maximum Gasteiger partial charge on any atom is 0.227 e. The Morgan fingerprint density at radius 3 is 2.62 bits per heavy atom. The Morgan fingerprint density at radius 2 is 1.83 bits per heavy atom. The van der Waals surface area contributed by atoms with Crippen LogP contribution in [0, 0.1) is 0 Å². The number of halogens is 1. The number of aryl methyl sites for hydroxylation is 1. The molecule has 4 nitrogen and oxygen atoms in total. The molecule has 5 heteroatoms. The van der Waals surface area contributed by atoms with Crippen molar-refractivity contribution in [1.29, 1.82) is 0 Å². The van der Waals surface area contributed by atoms with Gasteiger partial charge in [0.2, 0.25) is 11.8 Å². The Labute approximate surface area is 146 Å². The van der Waals surface area contributed by atoms with Crippen LogP contribution in [0.3, 0.4) is 0 Å². The normalized spacial score (nSPS) is 13.5. The molecule has 1 heterocycles. The fraction of sp³-hybridized carbons (Fsp3) is 0.263. The van der Waals surface area contributed by atoms with Crippen molar-refractivity contribution < 1.29 is 9.59 Å². The van der Waals surface area contributed by atoms with Gasteiger partial charge in [-0.3, -0.25) is 9.59 Å². The molecule has 1 aliphatic rings. The third-order valence-corrected chi connectivity index (χ3v) is 4.38. The van der Waals surface area contributed by atoms with E-state index in [-0.39, 0.29) is 11.8 Å². The number of rotatable bonds is 5. The van der Waals surface area contributed by atoms with Gasteiger partial charge in [-0.1, -0.05) is 41.9 Å². The summed E-state index contributed by atoms with van der Waals surface area (Å²) < 4.78 is 0. The first-order chi connectivity index (χ1) is 11.6. The summed E-state index contributed by atoms with van der Waals surface area (Å²) in [5.74, 6) is 0.0516. The van der Waals surface area contributed by atoms with Crippen LogP contribution in [0.2, 0.25) is 5.02 Å². The van der Waals surface area contributed by atoms with Crippen molar-refractivity contribution in [3.8, 4) is 0 Å². The Balaban J connectivity index is 1.53. The fourth-order valence-electron chi connectivity index (χ4n) is 2.90. The van der Waals surface area contributed by atoms with Crippen LogP contribution in [0.1, 0.15) is 17.5 Å². The second-order valence-electron chi connectivity index (χ2n) is 5.83. The van der Waals surface area contributed by atoms with Crippen molar-refractivity contribution >= 4 is 29.1 Å². The van der Waals surface area contributed by atoms with Crippen molar-refractivity contribution in [2.75, 3.05) is 18.0 Å². The molecule has 0 saturated heterocycles. The summed E-state index contributed by atoms with van der Waals surface area (Å²) in [7, 11) is 0. The van der Waals surface area contributed by atoms with E-state index in [9.17, 15) is 9.59 Å². The zero-order valence-corrected chi connectivity index (χ0v) is 14.1. The second-order valence-corrected chi connectivity index (χ2v) is 6.26. The van der Waals surface area contributed by atoms with Gasteiger partial charge in [0, 0.05) is 30.2 Å². The van der Waals surface area contributed by atoms with Gasteiger partial charge in [0.1, 0.15) is 0 Å². The van der Waals surface area contributed by atoms with Crippen LogP contribution in [-0.2, 0) is 22.4 Å². The molecule has 24 heavy (non-hydrogen) atoms. The van der Waals surface area contributed by atoms with Crippen molar-refractivity contribution in [3.63, 3.8) is 0 Å². The molecule has 0 aliphatic carbocycles. The summed E-state index contributed by atoms with van der Waals surface area (Å²) in [6.45, 7) is 0.925. The van der Waals surface area contributed by atoms with Gasteiger partial charge in [-0.2, -0.15) is 0 Å². The highest BCUT2D eigenvalue weighted by molar-refractivity contribution is 6.30. The predicted octanol–water partition coefficient (Wildman–Crippen LogP) is 2.98. The van der Waals surface area contributed by atoms with Crippen LogP contribution in [0.5, 0.6) is 0 Å². The lowest BCUT2D eigenvalue weighted by molar-refractivity contribution is -0.121. The van der Waals surface area contributed by atoms with Crippen LogP contribution in [0.4, 0.5) is 5.69 Å². The van der Waals surface area contributed by atoms with E-state index < -0.39 is 0 Å². The summed E-state index contributed by atoms with van der Waals surface area (Å²) >= 11 is 5.83. The van der Waals surface area contributed by atoms with Gasteiger partial charge in [-0.15, -0.1) is 0 Å². The smallest absolute Gasteiger partial charge is 0.227 e. The number of hydrogen-bond donors (Lipinski definition) is 1. The number of nitrogens with one attached hydrogen (secondary N) is 1. The molecule has 1 aliphatic heterocycles. The lowest BCUT2D eigenvalue weighted by Crippen LogP contribution is -2.41. The minimum absolute atomic E-state index is 0.0601. The lowest BCUT2D eigenvalue weighted by atomic mass is 10.0. The molecule has 1 N–H and O–H groups in total. The van der Waals surface area contributed by atoms with Gasteiger partial charge >= 0.3 is 0 Å². The zero-order chi connectivity index (χ0) is 16.9. The molecule has 2 aromatic carbocycles. The summed E-state index contributed by atoms with van der Waals surface area (Å²) in [5, 5.41) is 3.53. The van der Waals surface area contributed by atoms with Gasteiger partial charge in [-0.05, 0) is 35.7 Å². The van der Waals surface area contributed by atoms with Gasteiger partial charge in [0.05, 0.1) is 6.42 Å². The van der Waals surface area contributed by atoms with Crippen LogP contribution in [0.15, 0.2) is 48.5 Å². The van der Waals surface area contributed by atoms with Crippen molar-refractivity contribution in [3.05, 3.63) is 64.7 Å². The molecule has 0 fully saturated rings. The first-order valence-electron chi connectivity index (χ1n) is 8.03. The van der Waals surface area contributed by atoms with E-state index in [2.05, 4.69) is 5.32 Å². The van der Waals surface area contributed by atoms with E-state index in [4.69, 9.17) is 11.6 Å². The maximum absolute atomic E-state index is 12.2. The summed E-state index contributed by atoms with van der Waals surface area (Å²) in [5.41, 5.74) is 3.06. The molecule has 0 bridgehead atoms. The standard InChI is InChI=1S/C19H19ClN2O2/c20-16-8-5-14(6-9-16)13-18(23)21-11-12-22-17-4-2-1-3-15(17)7-10-19(22)24/h1-6,8-9H,7,10-13H2,(H,21,23).